The molecule has 20 heavy (non-hydrogen) atoms. The summed E-state index contributed by atoms with van der Waals surface area (Å²) in [6.45, 7) is 6.83. The third-order valence-corrected chi connectivity index (χ3v) is 4.45. The quantitative estimate of drug-likeness (QED) is 0.604. The molecule has 0 aromatic heterocycles. The first kappa shape index (κ1) is 15.1. The van der Waals surface area contributed by atoms with Crippen LogP contribution >= 0.6 is 0 Å². The summed E-state index contributed by atoms with van der Waals surface area (Å²) in [5.41, 5.74) is 0.576. The van der Waals surface area contributed by atoms with Crippen molar-refractivity contribution in [2.45, 2.75) is 52.0 Å². The van der Waals surface area contributed by atoms with Crippen molar-refractivity contribution >= 4 is 11.9 Å². The summed E-state index contributed by atoms with van der Waals surface area (Å²) in [5.74, 6) is 1.05. The van der Waals surface area contributed by atoms with Gasteiger partial charge in [-0.15, -0.1) is 0 Å². The molecule has 2 N–H and O–H groups in total. The smallest absolute Gasteiger partial charge is 0.221 e. The lowest BCUT2D eigenvalue weighted by Crippen LogP contribution is -2.43. The number of likely N-dealkylation sites (tertiary alicyclic amines) is 1. The highest BCUT2D eigenvalue weighted by Gasteiger charge is 2.43. The maximum Gasteiger partial charge on any atom is 0.221 e. The molecule has 2 fully saturated rings. The van der Waals surface area contributed by atoms with E-state index in [2.05, 4.69) is 20.5 Å². The zero-order chi connectivity index (χ0) is 14.6. The van der Waals surface area contributed by atoms with Crippen LogP contribution in [0.5, 0.6) is 0 Å². The van der Waals surface area contributed by atoms with Crippen LogP contribution in [0.2, 0.25) is 0 Å². The van der Waals surface area contributed by atoms with Crippen LogP contribution < -0.4 is 10.6 Å². The highest BCUT2D eigenvalue weighted by atomic mass is 16.1. The third kappa shape index (κ3) is 3.64. The van der Waals surface area contributed by atoms with Crippen LogP contribution in [0.1, 0.15) is 46.0 Å². The van der Waals surface area contributed by atoms with E-state index in [0.29, 0.717) is 18.4 Å². The van der Waals surface area contributed by atoms with Crippen LogP contribution in [-0.2, 0) is 4.79 Å². The fourth-order valence-electron chi connectivity index (χ4n) is 3.22. The predicted molar refractivity (Wildman–Crippen MR) is 81.7 cm³/mol. The Bertz CT molecular complexity index is 374. The molecule has 0 aromatic carbocycles. The van der Waals surface area contributed by atoms with Gasteiger partial charge in [-0.1, -0.05) is 6.42 Å². The average molecular weight is 280 g/mol. The third-order valence-electron chi connectivity index (χ3n) is 4.45. The van der Waals surface area contributed by atoms with E-state index in [9.17, 15) is 4.79 Å². The molecule has 0 unspecified atom stereocenters. The van der Waals surface area contributed by atoms with Gasteiger partial charge in [0, 0.05) is 39.1 Å². The SMILES string of the molecule is CN=C(NCCC(=O)NC(C)C)N1CCC2(CCC2)C1. The molecule has 1 aliphatic carbocycles. The van der Waals surface area contributed by atoms with Crippen molar-refractivity contribution in [3.8, 4) is 0 Å². The highest BCUT2D eigenvalue weighted by molar-refractivity contribution is 5.81. The number of carbonyl (C=O) groups is 1. The zero-order valence-corrected chi connectivity index (χ0v) is 13.0. The maximum atomic E-state index is 11.6. The van der Waals surface area contributed by atoms with Gasteiger partial charge in [-0.05, 0) is 38.5 Å². The minimum absolute atomic E-state index is 0.0971. The zero-order valence-electron chi connectivity index (χ0n) is 13.0. The number of nitrogens with one attached hydrogen (secondary N) is 2. The van der Waals surface area contributed by atoms with Gasteiger partial charge < -0.3 is 15.5 Å². The molecule has 2 rings (SSSR count). The Morgan fingerprint density at radius 3 is 2.60 bits per heavy atom. The summed E-state index contributed by atoms with van der Waals surface area (Å²) in [6.07, 6.45) is 5.92. The van der Waals surface area contributed by atoms with Crippen molar-refractivity contribution in [1.82, 2.24) is 15.5 Å². The van der Waals surface area contributed by atoms with Gasteiger partial charge in [0.25, 0.3) is 0 Å². The lowest BCUT2D eigenvalue weighted by atomic mass is 9.68. The van der Waals surface area contributed by atoms with Gasteiger partial charge in [0.1, 0.15) is 0 Å². The van der Waals surface area contributed by atoms with Crippen LogP contribution in [0, 0.1) is 5.41 Å². The second kappa shape index (κ2) is 6.46. The van der Waals surface area contributed by atoms with E-state index < -0.39 is 0 Å². The Labute approximate surface area is 122 Å². The lowest BCUT2D eigenvalue weighted by molar-refractivity contribution is -0.121. The Hall–Kier alpha value is -1.26. The molecule has 1 amide bonds. The van der Waals surface area contributed by atoms with Crippen molar-refractivity contribution in [3.63, 3.8) is 0 Å². The Morgan fingerprint density at radius 1 is 1.35 bits per heavy atom. The fourth-order valence-corrected chi connectivity index (χ4v) is 3.22. The fraction of sp³-hybridized carbons (Fsp3) is 0.867. The molecule has 1 heterocycles. The first-order valence-electron chi connectivity index (χ1n) is 7.80. The average Bonchev–Trinajstić information content (AvgIpc) is 2.78. The second-order valence-corrected chi connectivity index (χ2v) is 6.47. The molecule has 0 atom stereocenters. The minimum Gasteiger partial charge on any atom is -0.356 e. The summed E-state index contributed by atoms with van der Waals surface area (Å²) in [4.78, 5) is 18.3. The maximum absolute atomic E-state index is 11.6. The molecule has 1 aliphatic heterocycles. The topological polar surface area (TPSA) is 56.7 Å². The Kier molecular flexibility index (Phi) is 4.89. The number of hydrogen-bond acceptors (Lipinski definition) is 2. The minimum atomic E-state index is 0.0971. The van der Waals surface area contributed by atoms with Gasteiger partial charge in [0.2, 0.25) is 5.91 Å². The first-order valence-corrected chi connectivity index (χ1v) is 7.80. The summed E-state index contributed by atoms with van der Waals surface area (Å²) in [5, 5.41) is 6.22. The molecule has 1 saturated heterocycles. The van der Waals surface area contributed by atoms with E-state index in [1.807, 2.05) is 20.9 Å². The molecule has 0 aromatic rings. The molecule has 114 valence electrons. The van der Waals surface area contributed by atoms with Gasteiger partial charge in [-0.2, -0.15) is 0 Å². The number of amides is 1. The van der Waals surface area contributed by atoms with Crippen LogP contribution in [0.3, 0.4) is 0 Å². The predicted octanol–water partition coefficient (Wildman–Crippen LogP) is 1.35. The number of rotatable bonds is 4. The summed E-state index contributed by atoms with van der Waals surface area (Å²) in [7, 11) is 1.82. The number of guanidine groups is 1. The number of nitrogens with zero attached hydrogens (tertiary/aromatic N) is 2. The molecular weight excluding hydrogens is 252 g/mol. The number of carbonyl (C=O) groups excluding carboxylic acids is 1. The molecule has 1 saturated carbocycles. The van der Waals surface area contributed by atoms with E-state index in [0.717, 1.165) is 19.0 Å². The molecule has 0 bridgehead atoms. The van der Waals surface area contributed by atoms with E-state index in [1.54, 1.807) is 0 Å². The van der Waals surface area contributed by atoms with Crippen LogP contribution in [0.15, 0.2) is 4.99 Å². The standard InChI is InChI=1S/C15H28N4O/c1-12(2)18-13(20)5-9-17-14(16-3)19-10-8-15(11-19)6-4-7-15/h12H,4-11H2,1-3H3,(H,16,17)(H,18,20). The van der Waals surface area contributed by atoms with Crippen LogP contribution in [0.4, 0.5) is 0 Å². The van der Waals surface area contributed by atoms with Gasteiger partial charge in [-0.3, -0.25) is 9.79 Å². The van der Waals surface area contributed by atoms with Crippen molar-refractivity contribution in [2.75, 3.05) is 26.7 Å². The summed E-state index contributed by atoms with van der Waals surface area (Å²) in [6, 6.07) is 0.207. The summed E-state index contributed by atoms with van der Waals surface area (Å²) >= 11 is 0. The Morgan fingerprint density at radius 2 is 2.10 bits per heavy atom. The van der Waals surface area contributed by atoms with Crippen molar-refractivity contribution in [3.05, 3.63) is 0 Å². The largest absolute Gasteiger partial charge is 0.356 e. The highest BCUT2D eigenvalue weighted by Crippen LogP contribution is 2.47. The van der Waals surface area contributed by atoms with Gasteiger partial charge in [0.05, 0.1) is 0 Å². The van der Waals surface area contributed by atoms with Crippen LogP contribution in [-0.4, -0.2) is 49.5 Å². The van der Waals surface area contributed by atoms with Gasteiger partial charge >= 0.3 is 0 Å². The molecule has 0 radical (unpaired) electrons. The van der Waals surface area contributed by atoms with Crippen molar-refractivity contribution in [2.24, 2.45) is 10.4 Å². The first-order chi connectivity index (χ1) is 9.54. The van der Waals surface area contributed by atoms with Gasteiger partial charge in [-0.25, -0.2) is 0 Å². The number of hydrogen-bond donors (Lipinski definition) is 2. The summed E-state index contributed by atoms with van der Waals surface area (Å²) < 4.78 is 0. The molecular formula is C15H28N4O. The number of aliphatic imine (C=N–C) groups is 1. The molecule has 5 nitrogen and oxygen atoms in total. The molecule has 5 heteroatoms. The van der Waals surface area contributed by atoms with Crippen molar-refractivity contribution in [1.29, 1.82) is 0 Å². The van der Waals surface area contributed by atoms with E-state index in [1.165, 1.54) is 25.7 Å². The van der Waals surface area contributed by atoms with E-state index in [-0.39, 0.29) is 11.9 Å². The molecule has 2 aliphatic rings. The second-order valence-electron chi connectivity index (χ2n) is 6.47. The monoisotopic (exact) mass is 280 g/mol. The van der Waals surface area contributed by atoms with E-state index >= 15 is 0 Å². The molecule has 1 spiro atoms. The van der Waals surface area contributed by atoms with Gasteiger partial charge in [0.15, 0.2) is 5.96 Å². The van der Waals surface area contributed by atoms with E-state index in [4.69, 9.17) is 0 Å². The Balaban J connectivity index is 1.72. The van der Waals surface area contributed by atoms with Crippen molar-refractivity contribution < 1.29 is 4.79 Å². The lowest BCUT2D eigenvalue weighted by Gasteiger charge is -2.38. The van der Waals surface area contributed by atoms with Crippen LogP contribution in [0.25, 0.3) is 0 Å². The normalized spacial score (nSPS) is 21.2.